The highest BCUT2D eigenvalue weighted by Crippen LogP contribution is 2.72. The van der Waals surface area contributed by atoms with Gasteiger partial charge in [0.15, 0.2) is 11.5 Å². The van der Waals surface area contributed by atoms with Crippen molar-refractivity contribution in [3.05, 3.63) is 64.6 Å². The lowest BCUT2D eigenvalue weighted by molar-refractivity contribution is -0.169. The first-order valence-electron chi connectivity index (χ1n) is 16.2. The number of hydrogen-bond acceptors (Lipinski definition) is 8. The number of nitrogens with one attached hydrogen (secondary N) is 2. The zero-order chi connectivity index (χ0) is 34.8. The number of rotatable bonds is 9. The van der Waals surface area contributed by atoms with Crippen molar-refractivity contribution >= 4 is 47.1 Å². The molecule has 2 saturated heterocycles. The number of carbonyl (C=O) groups excluding carboxylic acids is 3. The van der Waals surface area contributed by atoms with Gasteiger partial charge in [0, 0.05) is 34.3 Å². The van der Waals surface area contributed by atoms with E-state index >= 15 is 0 Å². The van der Waals surface area contributed by atoms with Crippen LogP contribution in [0.5, 0.6) is 11.5 Å². The van der Waals surface area contributed by atoms with Crippen molar-refractivity contribution in [2.75, 3.05) is 5.32 Å². The van der Waals surface area contributed by atoms with E-state index in [1.807, 2.05) is 52.0 Å². The Morgan fingerprint density at radius 3 is 2.44 bits per heavy atom. The highest BCUT2D eigenvalue weighted by atomic mass is 32.2. The van der Waals surface area contributed by atoms with Crippen molar-refractivity contribution in [3.63, 3.8) is 0 Å². The van der Waals surface area contributed by atoms with Crippen LogP contribution in [0.15, 0.2) is 58.4 Å². The average molecular weight is 675 g/mol. The second kappa shape index (κ2) is 11.8. The number of thioether (sulfide) groups is 1. The third-order valence-corrected chi connectivity index (χ3v) is 11.5. The number of benzene rings is 2. The standard InChI is InChI=1S/C37H42N2O8S/c1-34(2,3)39-28(42)13-8-20-6-9-22(10-7-20)48-26-18-37-17-21-16-25(47-36(21,5)19-37)31(37)35(4,32(26)44)15-14-27(41)38-29-24(40)12-11-23(30(29)43)33(45)46/h6-13,18,21,25,31,40,43H,14-17,19H2,1-5H3,(H,38,41)(H,39,42)(H,45,46)/b13-8+/t21-,25+,31+,35+,36+,37-/m1/s1. The maximum absolute atomic E-state index is 14.5. The Balaban J connectivity index is 1.23. The van der Waals surface area contributed by atoms with E-state index in [0.717, 1.165) is 41.9 Å². The number of aromatic hydroxyl groups is 2. The lowest BCUT2D eigenvalue weighted by atomic mass is 9.51. The van der Waals surface area contributed by atoms with E-state index in [2.05, 4.69) is 23.6 Å². The van der Waals surface area contributed by atoms with Crippen LogP contribution in [0.3, 0.4) is 0 Å². The monoisotopic (exact) mass is 674 g/mol. The number of carboxylic acids is 1. The molecule has 2 amide bonds. The Morgan fingerprint density at radius 1 is 1.08 bits per heavy atom. The van der Waals surface area contributed by atoms with Crippen LogP contribution in [0, 0.1) is 22.7 Å². The summed E-state index contributed by atoms with van der Waals surface area (Å²) in [6.07, 6.45) is 8.01. The molecule has 3 aliphatic carbocycles. The van der Waals surface area contributed by atoms with E-state index in [9.17, 15) is 34.5 Å². The third-order valence-electron chi connectivity index (χ3n) is 10.5. The molecule has 2 aromatic carbocycles. The van der Waals surface area contributed by atoms with Gasteiger partial charge in [-0.05, 0) is 101 Å². The van der Waals surface area contributed by atoms with E-state index in [-0.39, 0.29) is 58.8 Å². The molecule has 5 N–H and O–H groups in total. The number of phenols is 2. The number of aromatic carboxylic acids is 1. The summed E-state index contributed by atoms with van der Waals surface area (Å²) in [6, 6.07) is 9.82. The number of allylic oxidation sites excluding steroid dienone is 2. The van der Waals surface area contributed by atoms with Gasteiger partial charge in [0.2, 0.25) is 11.8 Å². The van der Waals surface area contributed by atoms with Crippen LogP contribution in [0.1, 0.15) is 82.6 Å². The molecule has 1 spiro atoms. The molecule has 2 aromatic rings. The summed E-state index contributed by atoms with van der Waals surface area (Å²) in [5.41, 5.74) is -1.75. The van der Waals surface area contributed by atoms with Crippen molar-refractivity contribution in [1.29, 1.82) is 0 Å². The smallest absolute Gasteiger partial charge is 0.339 e. The van der Waals surface area contributed by atoms with E-state index in [1.54, 1.807) is 6.08 Å². The number of ketones is 1. The van der Waals surface area contributed by atoms with Crippen LogP contribution in [0.4, 0.5) is 5.69 Å². The molecule has 254 valence electrons. The highest BCUT2D eigenvalue weighted by Gasteiger charge is 2.72. The summed E-state index contributed by atoms with van der Waals surface area (Å²) < 4.78 is 6.60. The van der Waals surface area contributed by atoms with Gasteiger partial charge in [0.05, 0.1) is 16.6 Å². The predicted molar refractivity (Wildman–Crippen MR) is 182 cm³/mol. The van der Waals surface area contributed by atoms with Gasteiger partial charge in [-0.2, -0.15) is 0 Å². The first kappa shape index (κ1) is 33.8. The molecule has 2 saturated carbocycles. The second-order valence-corrected chi connectivity index (χ2v) is 16.3. The van der Waals surface area contributed by atoms with Gasteiger partial charge in [0.25, 0.3) is 0 Å². The van der Waals surface area contributed by atoms with Gasteiger partial charge < -0.3 is 30.7 Å². The lowest BCUT2D eigenvalue weighted by Gasteiger charge is -2.56. The zero-order valence-corrected chi connectivity index (χ0v) is 28.6. The van der Waals surface area contributed by atoms with Crippen molar-refractivity contribution in [2.24, 2.45) is 22.7 Å². The molecule has 48 heavy (non-hydrogen) atoms. The molecule has 2 heterocycles. The summed E-state index contributed by atoms with van der Waals surface area (Å²) >= 11 is 1.41. The number of hydrogen-bond donors (Lipinski definition) is 5. The fourth-order valence-electron chi connectivity index (χ4n) is 8.65. The third kappa shape index (κ3) is 6.02. The van der Waals surface area contributed by atoms with Gasteiger partial charge in [-0.25, -0.2) is 4.79 Å². The average Bonchev–Trinajstić information content (AvgIpc) is 3.36. The molecule has 6 atom stereocenters. The SMILES string of the molecule is CC(C)(C)NC(=O)/C=C/c1ccc(SC2=C[C@]34C[C@H]5C[C@H](O[C@@]5(C)C3)[C@H]4[C@](C)(CCC(=O)Nc3c(O)ccc(C(=O)O)c3O)C2=O)cc1. The van der Waals surface area contributed by atoms with Crippen LogP contribution in [0.25, 0.3) is 6.08 Å². The van der Waals surface area contributed by atoms with E-state index < -0.39 is 34.4 Å². The molecule has 5 aliphatic rings. The molecular weight excluding hydrogens is 632 g/mol. The van der Waals surface area contributed by atoms with E-state index in [4.69, 9.17) is 4.74 Å². The summed E-state index contributed by atoms with van der Waals surface area (Å²) in [6.45, 7) is 9.86. The number of Topliss-reactive ketones (excluding diaryl/α,β-unsaturated/α-hetero) is 1. The molecule has 0 aromatic heterocycles. The van der Waals surface area contributed by atoms with Crippen LogP contribution < -0.4 is 10.6 Å². The molecule has 2 aliphatic heterocycles. The van der Waals surface area contributed by atoms with Gasteiger partial charge in [-0.1, -0.05) is 36.9 Å². The van der Waals surface area contributed by atoms with Gasteiger partial charge in [-0.15, -0.1) is 0 Å². The van der Waals surface area contributed by atoms with Crippen LogP contribution in [-0.2, 0) is 19.1 Å². The minimum Gasteiger partial charge on any atom is -0.506 e. The number of phenolic OH excluding ortho intramolecular Hbond substituents is 1. The molecule has 7 rings (SSSR count). The predicted octanol–water partition coefficient (Wildman–Crippen LogP) is 6.28. The number of anilines is 1. The molecule has 0 unspecified atom stereocenters. The summed E-state index contributed by atoms with van der Waals surface area (Å²) in [7, 11) is 0. The molecule has 4 bridgehead atoms. The molecule has 10 nitrogen and oxygen atoms in total. The van der Waals surface area contributed by atoms with Crippen molar-refractivity contribution in [1.82, 2.24) is 5.32 Å². The number of ether oxygens (including phenoxy) is 1. The number of amides is 2. The fourth-order valence-corrected chi connectivity index (χ4v) is 9.79. The first-order valence-corrected chi connectivity index (χ1v) is 17.1. The van der Waals surface area contributed by atoms with Crippen molar-refractivity contribution in [3.8, 4) is 11.5 Å². The quantitative estimate of drug-likeness (QED) is 0.152. The summed E-state index contributed by atoms with van der Waals surface area (Å²) in [5.74, 6) is -3.12. The van der Waals surface area contributed by atoms with Crippen molar-refractivity contribution < 1.29 is 39.2 Å². The fraction of sp³-hybridized carbons (Fsp3) is 0.459. The topological polar surface area (TPSA) is 162 Å². The Kier molecular flexibility index (Phi) is 8.31. The Hall–Kier alpha value is -4.09. The Labute approximate surface area is 284 Å². The van der Waals surface area contributed by atoms with E-state index in [1.165, 1.54) is 17.8 Å². The van der Waals surface area contributed by atoms with Crippen LogP contribution >= 0.6 is 11.8 Å². The van der Waals surface area contributed by atoms with Crippen LogP contribution in [-0.4, -0.2) is 56.1 Å². The van der Waals surface area contributed by atoms with Crippen LogP contribution in [0.2, 0.25) is 0 Å². The summed E-state index contributed by atoms with van der Waals surface area (Å²) in [4.78, 5) is 53.0. The minimum absolute atomic E-state index is 0.0557. The summed E-state index contributed by atoms with van der Waals surface area (Å²) in [5, 5.41) is 35.4. The number of carbonyl (C=O) groups is 4. The van der Waals surface area contributed by atoms with Gasteiger partial charge in [0.1, 0.15) is 17.0 Å². The second-order valence-electron chi connectivity index (χ2n) is 15.2. The molecular formula is C37H42N2O8S. The molecule has 0 radical (unpaired) electrons. The normalized spacial score (nSPS) is 30.3. The zero-order valence-electron chi connectivity index (χ0n) is 27.8. The minimum atomic E-state index is -1.40. The Bertz CT molecular complexity index is 1760. The first-order chi connectivity index (χ1) is 22.4. The van der Waals surface area contributed by atoms with Gasteiger partial charge in [-0.3, -0.25) is 14.4 Å². The molecule has 4 fully saturated rings. The largest absolute Gasteiger partial charge is 0.506 e. The Morgan fingerprint density at radius 2 is 1.79 bits per heavy atom. The number of carboxylic acid groups (broad SMARTS) is 1. The van der Waals surface area contributed by atoms with Crippen molar-refractivity contribution in [2.45, 2.75) is 88.9 Å². The molecule has 11 heteroatoms. The highest BCUT2D eigenvalue weighted by molar-refractivity contribution is 8.04. The maximum atomic E-state index is 14.5. The van der Waals surface area contributed by atoms with Gasteiger partial charge >= 0.3 is 5.97 Å². The van der Waals surface area contributed by atoms with E-state index in [0.29, 0.717) is 10.8 Å². The maximum Gasteiger partial charge on any atom is 0.339 e. The lowest BCUT2D eigenvalue weighted by Crippen LogP contribution is -2.57.